The minimum absolute atomic E-state index is 0.247. The van der Waals surface area contributed by atoms with Crippen molar-refractivity contribution in [1.82, 2.24) is 25.1 Å². The molecule has 2 N–H and O–H groups in total. The van der Waals surface area contributed by atoms with Crippen LogP contribution in [0.2, 0.25) is 0 Å². The number of nitrogens with one attached hydrogen (secondary N) is 1. The average molecular weight is 449 g/mol. The first kappa shape index (κ1) is 21.9. The van der Waals surface area contributed by atoms with Crippen molar-refractivity contribution in [3.05, 3.63) is 29.0 Å². The van der Waals surface area contributed by atoms with Gasteiger partial charge in [-0.1, -0.05) is 5.10 Å². The molecule has 0 aliphatic heterocycles. The summed E-state index contributed by atoms with van der Waals surface area (Å²) in [6.07, 6.45) is -3.03. The van der Waals surface area contributed by atoms with Crippen LogP contribution in [0.25, 0.3) is 0 Å². The summed E-state index contributed by atoms with van der Waals surface area (Å²) in [6.45, 7) is 2.78. The van der Waals surface area contributed by atoms with Crippen LogP contribution >= 0.6 is 35.4 Å². The Morgan fingerprint density at radius 3 is 2.43 bits per heavy atom. The van der Waals surface area contributed by atoms with E-state index in [1.165, 1.54) is 6.92 Å². The number of carboxylic acid groups (broad SMARTS) is 1. The normalized spacial score (nSPS) is 11.7. The summed E-state index contributed by atoms with van der Waals surface area (Å²) in [6, 6.07) is 6.82. The average Bonchev–Trinajstić information content (AvgIpc) is 3.04. The zero-order valence-electron chi connectivity index (χ0n) is 14.8. The monoisotopic (exact) mass is 448 g/mol. The number of anilines is 1. The number of hydrogen-bond donors (Lipinski definition) is 2. The molecule has 1 atom stereocenters. The third-order valence-electron chi connectivity index (χ3n) is 3.58. The molecule has 13 heteroatoms. The predicted molar refractivity (Wildman–Crippen MR) is 106 cm³/mol. The second-order valence-electron chi connectivity index (χ2n) is 5.46. The Morgan fingerprint density at radius 1 is 1.29 bits per heavy atom. The van der Waals surface area contributed by atoms with Gasteiger partial charge in [0.1, 0.15) is 11.9 Å². The third-order valence-corrected chi connectivity index (χ3v) is 4.18. The van der Waals surface area contributed by atoms with Crippen LogP contribution in [0.15, 0.2) is 24.3 Å². The van der Waals surface area contributed by atoms with E-state index in [2.05, 4.69) is 15.6 Å². The summed E-state index contributed by atoms with van der Waals surface area (Å²) < 4.78 is 5.59. The van der Waals surface area contributed by atoms with Gasteiger partial charge in [0.05, 0.1) is 0 Å². The molecule has 2 rings (SSSR count). The van der Waals surface area contributed by atoms with E-state index in [0.717, 1.165) is 10.5 Å². The van der Waals surface area contributed by atoms with Crippen LogP contribution in [0.1, 0.15) is 13.1 Å². The second kappa shape index (κ2) is 10.2. The highest BCUT2D eigenvalue weighted by molar-refractivity contribution is 7.71. The van der Waals surface area contributed by atoms with Gasteiger partial charge in [0.15, 0.2) is 0 Å². The number of rotatable bonds is 8. The summed E-state index contributed by atoms with van der Waals surface area (Å²) in [5.74, 6) is 1.22. The smallest absolute Gasteiger partial charge is 0.434 e. The van der Waals surface area contributed by atoms with Crippen molar-refractivity contribution < 1.29 is 19.4 Å². The van der Waals surface area contributed by atoms with E-state index in [1.54, 1.807) is 24.3 Å². The molecule has 0 fully saturated rings. The van der Waals surface area contributed by atoms with E-state index < -0.39 is 18.4 Å². The van der Waals surface area contributed by atoms with Crippen LogP contribution in [0.4, 0.5) is 15.3 Å². The van der Waals surface area contributed by atoms with E-state index in [9.17, 15) is 9.59 Å². The molecule has 2 aromatic rings. The van der Waals surface area contributed by atoms with Gasteiger partial charge in [-0.25, -0.2) is 9.59 Å². The molecular weight excluding hydrogens is 431 g/mol. The molecule has 0 spiro atoms. The molecule has 0 saturated carbocycles. The Morgan fingerprint density at radius 2 is 1.89 bits per heavy atom. The first-order valence-electron chi connectivity index (χ1n) is 8.10. The highest BCUT2D eigenvalue weighted by atomic mass is 35.5. The van der Waals surface area contributed by atoms with Gasteiger partial charge in [-0.3, -0.25) is 5.32 Å². The fourth-order valence-electron chi connectivity index (χ4n) is 2.34. The number of carbonyl (C=O) groups is 2. The minimum atomic E-state index is -1.37. The SMILES string of the molecule is CC(NC(=O)Oc1ccc(N(CCCl)CCCl)cc1)n1nnc(=S)n1C(=O)O. The molecular formula is C15H18Cl2N6O4S. The number of aromatic nitrogens is 4. The van der Waals surface area contributed by atoms with Crippen molar-refractivity contribution in [3.63, 3.8) is 0 Å². The summed E-state index contributed by atoms with van der Waals surface area (Å²) in [5, 5.41) is 18.7. The summed E-state index contributed by atoms with van der Waals surface area (Å²) in [4.78, 5) is 26.2. The lowest BCUT2D eigenvalue weighted by Gasteiger charge is -2.23. The molecule has 1 aromatic heterocycles. The van der Waals surface area contributed by atoms with E-state index in [0.29, 0.717) is 35.3 Å². The Hall–Kier alpha value is -2.37. The Kier molecular flexibility index (Phi) is 8.03. The molecule has 0 saturated heterocycles. The molecule has 0 aliphatic rings. The molecule has 152 valence electrons. The van der Waals surface area contributed by atoms with Crippen LogP contribution in [0, 0.1) is 4.77 Å². The first-order chi connectivity index (χ1) is 13.4. The highest BCUT2D eigenvalue weighted by Gasteiger charge is 2.19. The zero-order valence-corrected chi connectivity index (χ0v) is 17.1. The summed E-state index contributed by atoms with van der Waals surface area (Å²) in [7, 11) is 0. The summed E-state index contributed by atoms with van der Waals surface area (Å²) >= 11 is 16.4. The molecule has 0 aliphatic carbocycles. The lowest BCUT2D eigenvalue weighted by Crippen LogP contribution is -2.37. The number of ether oxygens (including phenoxy) is 1. The third kappa shape index (κ3) is 5.57. The van der Waals surface area contributed by atoms with Gasteiger partial charge in [0.25, 0.3) is 0 Å². The number of hydrogen-bond acceptors (Lipinski definition) is 7. The van der Waals surface area contributed by atoms with Crippen molar-refractivity contribution in [2.75, 3.05) is 29.7 Å². The minimum Gasteiger partial charge on any atom is -0.463 e. The fourth-order valence-corrected chi connectivity index (χ4v) is 2.94. The van der Waals surface area contributed by atoms with Crippen LogP contribution in [0.5, 0.6) is 5.75 Å². The van der Waals surface area contributed by atoms with E-state index in [1.807, 2.05) is 4.90 Å². The second-order valence-corrected chi connectivity index (χ2v) is 6.58. The maximum Gasteiger partial charge on any atom is 0.434 e. The largest absolute Gasteiger partial charge is 0.463 e. The Balaban J connectivity index is 2.01. The lowest BCUT2D eigenvalue weighted by molar-refractivity contribution is 0.169. The van der Waals surface area contributed by atoms with Crippen LogP contribution < -0.4 is 15.0 Å². The number of tetrazole rings is 1. The van der Waals surface area contributed by atoms with Gasteiger partial charge < -0.3 is 14.7 Å². The standard InChI is InChI=1S/C15H18Cl2N6O4S/c1-10(23-20-19-13(28)22(23)15(25)26)18-14(24)27-12-4-2-11(3-5-12)21(8-6-16)9-7-17/h2-5,10H,6-9H2,1H3,(H,18,24)(H,25,26). The van der Waals surface area contributed by atoms with Gasteiger partial charge in [-0.05, 0) is 48.6 Å². The fraction of sp³-hybridized carbons (Fsp3) is 0.400. The summed E-state index contributed by atoms with van der Waals surface area (Å²) in [5.41, 5.74) is 0.894. The maximum absolute atomic E-state index is 12.1. The van der Waals surface area contributed by atoms with Crippen molar-refractivity contribution in [2.45, 2.75) is 13.1 Å². The Bertz CT molecular complexity index is 866. The maximum atomic E-state index is 12.1. The van der Waals surface area contributed by atoms with Crippen molar-refractivity contribution in [1.29, 1.82) is 0 Å². The van der Waals surface area contributed by atoms with E-state index >= 15 is 0 Å². The molecule has 1 aromatic carbocycles. The topological polar surface area (TPSA) is 115 Å². The molecule has 1 unspecified atom stereocenters. The molecule has 1 heterocycles. The van der Waals surface area contributed by atoms with Crippen molar-refractivity contribution >= 4 is 53.3 Å². The molecule has 28 heavy (non-hydrogen) atoms. The number of carbonyl (C=O) groups excluding carboxylic acids is 1. The number of benzene rings is 1. The van der Waals surface area contributed by atoms with E-state index in [-0.39, 0.29) is 4.77 Å². The zero-order chi connectivity index (χ0) is 20.7. The van der Waals surface area contributed by atoms with Gasteiger partial charge >= 0.3 is 12.2 Å². The predicted octanol–water partition coefficient (Wildman–Crippen LogP) is 2.93. The number of halogens is 2. The van der Waals surface area contributed by atoms with Crippen molar-refractivity contribution in [2.24, 2.45) is 0 Å². The van der Waals surface area contributed by atoms with Crippen LogP contribution in [0.3, 0.4) is 0 Å². The number of alkyl halides is 2. The quantitative estimate of drug-likeness (QED) is 0.359. The lowest BCUT2D eigenvalue weighted by atomic mass is 10.2. The van der Waals surface area contributed by atoms with Gasteiger partial charge in [-0.15, -0.1) is 27.9 Å². The Labute approximate surface area is 175 Å². The van der Waals surface area contributed by atoms with Crippen LogP contribution in [-0.4, -0.2) is 61.9 Å². The molecule has 0 bridgehead atoms. The van der Waals surface area contributed by atoms with Gasteiger partial charge in [-0.2, -0.15) is 4.80 Å². The number of amides is 1. The molecule has 0 radical (unpaired) electrons. The molecule has 10 nitrogen and oxygen atoms in total. The van der Waals surface area contributed by atoms with E-state index in [4.69, 9.17) is 45.3 Å². The van der Waals surface area contributed by atoms with Crippen molar-refractivity contribution in [3.8, 4) is 5.75 Å². The first-order valence-corrected chi connectivity index (χ1v) is 9.58. The van der Waals surface area contributed by atoms with Gasteiger partial charge in [0.2, 0.25) is 4.77 Å². The van der Waals surface area contributed by atoms with Gasteiger partial charge in [0, 0.05) is 30.5 Å². The highest BCUT2D eigenvalue weighted by Crippen LogP contribution is 2.20. The van der Waals surface area contributed by atoms with Crippen LogP contribution in [-0.2, 0) is 0 Å². The number of nitrogens with zero attached hydrogens (tertiary/aromatic N) is 5. The molecule has 1 amide bonds.